The van der Waals surface area contributed by atoms with Crippen molar-refractivity contribution >= 4 is 11.9 Å². The number of carbonyl (C=O) groups is 2. The Hall–Kier alpha value is -1.32. The molecular weight excluding hydrogens is 254 g/mol. The van der Waals surface area contributed by atoms with Gasteiger partial charge >= 0.3 is 12.0 Å². The normalized spacial score (nSPS) is 35.8. The van der Waals surface area contributed by atoms with E-state index in [0.717, 1.165) is 0 Å². The molecule has 102 valence electrons. The van der Waals surface area contributed by atoms with Crippen LogP contribution in [0.5, 0.6) is 0 Å². The number of hydrogen-bond acceptors (Lipinski definition) is 5. The van der Waals surface area contributed by atoms with E-state index in [-0.39, 0.29) is 13.0 Å². The first-order valence-electron chi connectivity index (χ1n) is 5.30. The van der Waals surface area contributed by atoms with E-state index in [0.29, 0.717) is 4.90 Å². The van der Waals surface area contributed by atoms with Gasteiger partial charge in [-0.1, -0.05) is 0 Å². The highest BCUT2D eigenvalue weighted by Crippen LogP contribution is 2.38. The first-order valence-corrected chi connectivity index (χ1v) is 5.30. The fourth-order valence-corrected chi connectivity index (χ4v) is 1.95. The van der Waals surface area contributed by atoms with Gasteiger partial charge in [0.2, 0.25) is 12.1 Å². The number of aliphatic hydroxyl groups is 2. The summed E-state index contributed by atoms with van der Waals surface area (Å²) in [7, 11) is 0. The number of nitrogens with one attached hydrogen (secondary N) is 1. The lowest BCUT2D eigenvalue weighted by Gasteiger charge is -2.33. The highest BCUT2D eigenvalue weighted by Gasteiger charge is 2.61. The maximum absolute atomic E-state index is 13.7. The number of aliphatic hydroxyl groups excluding tert-OH is 2. The minimum Gasteiger partial charge on any atom is -0.394 e. The summed E-state index contributed by atoms with van der Waals surface area (Å²) in [6.45, 7) is -1.02. The van der Waals surface area contributed by atoms with Gasteiger partial charge in [-0.05, 0) is 0 Å². The average Bonchev–Trinajstić information content (AvgIpc) is 2.52. The summed E-state index contributed by atoms with van der Waals surface area (Å²) in [5, 5.41) is 20.0. The molecule has 7 nitrogen and oxygen atoms in total. The third-order valence-corrected chi connectivity index (χ3v) is 2.93. The molecule has 3 amide bonds. The lowest BCUT2D eigenvalue weighted by molar-refractivity contribution is -0.158. The average molecular weight is 266 g/mol. The van der Waals surface area contributed by atoms with E-state index in [1.54, 1.807) is 0 Å². The number of imide groups is 1. The fourth-order valence-electron chi connectivity index (χ4n) is 1.95. The molecule has 0 aromatic heterocycles. The maximum Gasteiger partial charge on any atom is 0.326 e. The van der Waals surface area contributed by atoms with Crippen LogP contribution in [0.1, 0.15) is 6.42 Å². The molecule has 9 heteroatoms. The van der Waals surface area contributed by atoms with Gasteiger partial charge in [0.1, 0.15) is 6.10 Å². The van der Waals surface area contributed by atoms with Crippen LogP contribution in [0.4, 0.5) is 13.6 Å². The molecule has 2 heterocycles. The minimum atomic E-state index is -3.70. The van der Waals surface area contributed by atoms with Gasteiger partial charge in [-0.3, -0.25) is 15.0 Å². The molecule has 3 N–H and O–H groups in total. The predicted molar refractivity (Wildman–Crippen MR) is 51.6 cm³/mol. The van der Waals surface area contributed by atoms with Crippen LogP contribution in [0.2, 0.25) is 0 Å². The zero-order chi connectivity index (χ0) is 13.5. The Bertz CT molecular complexity index is 378. The van der Waals surface area contributed by atoms with Crippen molar-refractivity contribution in [1.29, 1.82) is 0 Å². The van der Waals surface area contributed by atoms with Gasteiger partial charge in [-0.15, -0.1) is 0 Å². The second kappa shape index (κ2) is 4.41. The van der Waals surface area contributed by atoms with E-state index < -0.39 is 42.9 Å². The number of alkyl halides is 2. The lowest BCUT2D eigenvalue weighted by Crippen LogP contribution is -2.58. The molecule has 0 unspecified atom stereocenters. The van der Waals surface area contributed by atoms with Crippen LogP contribution in [0, 0.1) is 0 Å². The molecule has 0 bridgehead atoms. The number of halogens is 2. The molecule has 3 atom stereocenters. The van der Waals surface area contributed by atoms with Gasteiger partial charge in [0, 0.05) is 13.0 Å². The maximum atomic E-state index is 13.7. The molecule has 2 aliphatic heterocycles. The zero-order valence-corrected chi connectivity index (χ0v) is 9.18. The first kappa shape index (κ1) is 13.1. The number of rotatable bonds is 2. The van der Waals surface area contributed by atoms with Crippen molar-refractivity contribution in [3.8, 4) is 0 Å². The van der Waals surface area contributed by atoms with E-state index in [4.69, 9.17) is 9.84 Å². The largest absolute Gasteiger partial charge is 0.394 e. The molecule has 0 radical (unpaired) electrons. The van der Waals surface area contributed by atoms with Crippen LogP contribution < -0.4 is 5.32 Å². The van der Waals surface area contributed by atoms with Gasteiger partial charge in [-0.2, -0.15) is 8.78 Å². The molecule has 0 saturated carbocycles. The van der Waals surface area contributed by atoms with E-state index in [2.05, 4.69) is 0 Å². The molecule has 0 aromatic rings. The minimum absolute atomic E-state index is 0.123. The van der Waals surface area contributed by atoms with Gasteiger partial charge in [0.05, 0.1) is 6.61 Å². The molecule has 2 aliphatic rings. The summed E-state index contributed by atoms with van der Waals surface area (Å²) in [6.07, 6.45) is -5.77. The highest BCUT2D eigenvalue weighted by atomic mass is 19.3. The number of hydrogen-bond donors (Lipinski definition) is 3. The first-order chi connectivity index (χ1) is 8.37. The van der Waals surface area contributed by atoms with Crippen LogP contribution in [-0.4, -0.2) is 64.6 Å². The Kier molecular flexibility index (Phi) is 3.21. The summed E-state index contributed by atoms with van der Waals surface area (Å²) in [5.74, 6) is -4.26. The second-order valence-electron chi connectivity index (χ2n) is 4.13. The molecule has 0 aromatic carbocycles. The van der Waals surface area contributed by atoms with Gasteiger partial charge in [0.15, 0.2) is 6.10 Å². The van der Waals surface area contributed by atoms with E-state index in [9.17, 15) is 23.5 Å². The Morgan fingerprint density at radius 2 is 2.17 bits per heavy atom. The van der Waals surface area contributed by atoms with Crippen molar-refractivity contribution < 1.29 is 33.3 Å². The number of nitrogens with zero attached hydrogens (tertiary/aromatic N) is 1. The van der Waals surface area contributed by atoms with Crippen LogP contribution >= 0.6 is 0 Å². The van der Waals surface area contributed by atoms with Crippen molar-refractivity contribution in [2.45, 2.75) is 30.8 Å². The van der Waals surface area contributed by atoms with Gasteiger partial charge < -0.3 is 14.9 Å². The summed E-state index contributed by atoms with van der Waals surface area (Å²) in [4.78, 5) is 23.0. The number of ether oxygens (including phenoxy) is 1. The number of carbonyl (C=O) groups excluding carboxylic acids is 2. The third kappa shape index (κ3) is 1.93. The Balaban J connectivity index is 2.18. The Morgan fingerprint density at radius 3 is 2.67 bits per heavy atom. The second-order valence-corrected chi connectivity index (χ2v) is 4.13. The molecule has 18 heavy (non-hydrogen) atoms. The smallest absolute Gasteiger partial charge is 0.326 e. The van der Waals surface area contributed by atoms with Crippen molar-refractivity contribution in [2.24, 2.45) is 0 Å². The fraction of sp³-hybridized carbons (Fsp3) is 0.778. The predicted octanol–water partition coefficient (Wildman–Crippen LogP) is -1.36. The van der Waals surface area contributed by atoms with Crippen molar-refractivity contribution in [3.05, 3.63) is 0 Å². The van der Waals surface area contributed by atoms with Gasteiger partial charge in [0.25, 0.3) is 0 Å². The zero-order valence-electron chi connectivity index (χ0n) is 9.18. The summed E-state index contributed by atoms with van der Waals surface area (Å²) in [5.41, 5.74) is 0. The summed E-state index contributed by atoms with van der Waals surface area (Å²) < 4.78 is 32.2. The van der Waals surface area contributed by atoms with Crippen LogP contribution in [0.3, 0.4) is 0 Å². The molecule has 2 saturated heterocycles. The topological polar surface area (TPSA) is 99.1 Å². The Morgan fingerprint density at radius 1 is 1.50 bits per heavy atom. The molecule has 2 fully saturated rings. The van der Waals surface area contributed by atoms with Crippen molar-refractivity contribution in [3.63, 3.8) is 0 Å². The SMILES string of the molecule is O=C1CCN([C@@H]2O[C@H](CO)[C@H](O)C2(F)F)C(=O)N1. The van der Waals surface area contributed by atoms with Crippen LogP contribution in [-0.2, 0) is 9.53 Å². The molecular formula is C9H12F2N2O5. The van der Waals surface area contributed by atoms with Crippen LogP contribution in [0.15, 0.2) is 0 Å². The van der Waals surface area contributed by atoms with Gasteiger partial charge in [-0.25, -0.2) is 4.79 Å². The number of amides is 3. The summed E-state index contributed by atoms with van der Waals surface area (Å²) >= 11 is 0. The molecule has 0 aliphatic carbocycles. The highest BCUT2D eigenvalue weighted by molar-refractivity contribution is 5.96. The van der Waals surface area contributed by atoms with Crippen LogP contribution in [0.25, 0.3) is 0 Å². The standard InChI is InChI=1S/C9H12F2N2O5/c10-9(11)6(16)4(3-14)18-7(9)13-2-1-5(15)12-8(13)17/h4,6-7,14,16H,1-3H2,(H,12,15,17)/t4-,6+,7-/m1/s1. The monoisotopic (exact) mass is 266 g/mol. The van der Waals surface area contributed by atoms with E-state index >= 15 is 0 Å². The number of urea groups is 1. The van der Waals surface area contributed by atoms with E-state index in [1.165, 1.54) is 0 Å². The lowest BCUT2D eigenvalue weighted by atomic mass is 10.1. The quantitative estimate of drug-likeness (QED) is 0.573. The summed E-state index contributed by atoms with van der Waals surface area (Å²) in [6, 6.07) is -0.998. The van der Waals surface area contributed by atoms with Crippen molar-refractivity contribution in [1.82, 2.24) is 10.2 Å². The third-order valence-electron chi connectivity index (χ3n) is 2.93. The molecule has 2 rings (SSSR count). The Labute approximate surface area is 100 Å². The molecule has 0 spiro atoms. The van der Waals surface area contributed by atoms with E-state index in [1.807, 2.05) is 5.32 Å². The van der Waals surface area contributed by atoms with Crippen molar-refractivity contribution in [2.75, 3.05) is 13.2 Å².